The third-order valence-electron chi connectivity index (χ3n) is 7.13. The number of rotatable bonds is 4. The summed E-state index contributed by atoms with van der Waals surface area (Å²) in [5.41, 5.74) is 2.71. The van der Waals surface area contributed by atoms with Crippen LogP contribution in [0.2, 0.25) is 0 Å². The molecule has 3 heterocycles. The molecule has 0 spiro atoms. The van der Waals surface area contributed by atoms with E-state index in [4.69, 9.17) is 4.74 Å². The Balaban J connectivity index is 1.60. The highest BCUT2D eigenvalue weighted by molar-refractivity contribution is 7.91. The predicted octanol–water partition coefficient (Wildman–Crippen LogP) is 5.41. The molecule has 33 heavy (non-hydrogen) atoms. The van der Waals surface area contributed by atoms with E-state index in [1.807, 2.05) is 54.6 Å². The van der Waals surface area contributed by atoms with Crippen molar-refractivity contribution in [3.05, 3.63) is 72.3 Å². The van der Waals surface area contributed by atoms with Gasteiger partial charge < -0.3 is 9.72 Å². The van der Waals surface area contributed by atoms with E-state index in [1.54, 1.807) is 13.2 Å². The normalized spacial score (nSPS) is 19.1. The molecule has 3 aromatic carbocycles. The third-order valence-corrected chi connectivity index (χ3v) is 8.91. The van der Waals surface area contributed by atoms with Gasteiger partial charge in [-0.05, 0) is 61.0 Å². The lowest BCUT2D eigenvalue weighted by atomic mass is 9.94. The zero-order valence-electron chi connectivity index (χ0n) is 18.5. The molecular weight excluding hydrogens is 432 g/mol. The molecule has 5 nitrogen and oxygen atoms in total. The van der Waals surface area contributed by atoms with E-state index in [2.05, 4.69) is 16.0 Å². The van der Waals surface area contributed by atoms with Gasteiger partial charge in [-0.3, -0.25) is 4.90 Å². The first-order valence-electron chi connectivity index (χ1n) is 11.4. The second-order valence-electron chi connectivity index (χ2n) is 8.95. The highest BCUT2D eigenvalue weighted by Crippen LogP contribution is 2.41. The molecule has 0 radical (unpaired) electrons. The number of aromatic amines is 1. The predicted molar refractivity (Wildman–Crippen MR) is 131 cm³/mol. The molecule has 4 aromatic rings. The standard InChI is InChI=1S/C27H26N2O3S/c1-32-21-11-12-24-23(17-21)26(19-13-15-29-14-5-8-20(29)16-19)27(28-24)33(30,31)25-10-4-7-18-6-2-3-9-22(18)25/h2-4,6-7,9-13,17,20,28H,5,8,14-16H2,1H3. The second-order valence-corrected chi connectivity index (χ2v) is 10.8. The van der Waals surface area contributed by atoms with E-state index in [0.29, 0.717) is 10.9 Å². The van der Waals surface area contributed by atoms with Crippen molar-refractivity contribution < 1.29 is 13.2 Å². The number of hydrogen-bond acceptors (Lipinski definition) is 4. The van der Waals surface area contributed by atoms with Crippen LogP contribution in [0.3, 0.4) is 0 Å². The van der Waals surface area contributed by atoms with Gasteiger partial charge in [0.15, 0.2) is 0 Å². The molecule has 0 bridgehead atoms. The summed E-state index contributed by atoms with van der Waals surface area (Å²) >= 11 is 0. The van der Waals surface area contributed by atoms with Gasteiger partial charge in [-0.1, -0.05) is 42.5 Å². The summed E-state index contributed by atoms with van der Waals surface area (Å²) in [7, 11) is -2.16. The Morgan fingerprint density at radius 3 is 2.76 bits per heavy atom. The monoisotopic (exact) mass is 458 g/mol. The molecule has 6 heteroatoms. The Labute approximate surface area is 193 Å². The molecule has 1 atom stereocenters. The van der Waals surface area contributed by atoms with Crippen LogP contribution in [-0.4, -0.2) is 44.5 Å². The van der Waals surface area contributed by atoms with E-state index >= 15 is 0 Å². The number of methoxy groups -OCH3 is 1. The van der Waals surface area contributed by atoms with Gasteiger partial charge in [0.1, 0.15) is 10.8 Å². The van der Waals surface area contributed by atoms with Crippen LogP contribution in [0.5, 0.6) is 5.75 Å². The molecule has 0 aliphatic carbocycles. The molecule has 0 amide bonds. The topological polar surface area (TPSA) is 62.4 Å². The number of nitrogens with zero attached hydrogens (tertiary/aromatic N) is 1. The summed E-state index contributed by atoms with van der Waals surface area (Å²) in [6.45, 7) is 1.99. The first-order chi connectivity index (χ1) is 16.1. The quantitative estimate of drug-likeness (QED) is 0.444. The number of aromatic nitrogens is 1. The fraction of sp³-hybridized carbons (Fsp3) is 0.259. The van der Waals surface area contributed by atoms with E-state index in [-0.39, 0.29) is 5.03 Å². The summed E-state index contributed by atoms with van der Waals surface area (Å²) in [5, 5.41) is 2.82. The van der Waals surface area contributed by atoms with Crippen LogP contribution in [0.15, 0.2) is 76.7 Å². The maximum Gasteiger partial charge on any atom is 0.223 e. The summed E-state index contributed by atoms with van der Waals surface area (Å²) in [5.74, 6) is 0.718. The second kappa shape index (κ2) is 7.75. The lowest BCUT2D eigenvalue weighted by Crippen LogP contribution is -2.33. The fourth-order valence-corrected chi connectivity index (χ4v) is 7.18. The van der Waals surface area contributed by atoms with Gasteiger partial charge in [-0.25, -0.2) is 8.42 Å². The lowest BCUT2D eigenvalue weighted by molar-refractivity contribution is 0.275. The number of ether oxygens (including phenoxy) is 1. The van der Waals surface area contributed by atoms with Gasteiger partial charge in [0, 0.05) is 34.4 Å². The van der Waals surface area contributed by atoms with Gasteiger partial charge >= 0.3 is 0 Å². The van der Waals surface area contributed by atoms with Crippen molar-refractivity contribution in [1.82, 2.24) is 9.88 Å². The van der Waals surface area contributed by atoms with E-state index in [9.17, 15) is 8.42 Å². The van der Waals surface area contributed by atoms with E-state index in [1.165, 1.54) is 6.42 Å². The van der Waals surface area contributed by atoms with Crippen molar-refractivity contribution in [1.29, 1.82) is 0 Å². The highest BCUT2D eigenvalue weighted by atomic mass is 32.2. The fourth-order valence-electron chi connectivity index (χ4n) is 5.47. The zero-order chi connectivity index (χ0) is 22.6. The molecule has 1 saturated heterocycles. The average Bonchev–Trinajstić information content (AvgIpc) is 3.47. The maximum atomic E-state index is 14.2. The summed E-state index contributed by atoms with van der Waals surface area (Å²) in [6.07, 6.45) is 5.44. The summed E-state index contributed by atoms with van der Waals surface area (Å²) in [4.78, 5) is 6.11. The number of benzene rings is 3. The van der Waals surface area contributed by atoms with Gasteiger partial charge in [-0.2, -0.15) is 0 Å². The first kappa shape index (κ1) is 20.5. The number of fused-ring (bicyclic) bond motifs is 3. The smallest absolute Gasteiger partial charge is 0.223 e. The van der Waals surface area contributed by atoms with Gasteiger partial charge in [0.2, 0.25) is 9.84 Å². The van der Waals surface area contributed by atoms with Crippen LogP contribution in [-0.2, 0) is 9.84 Å². The van der Waals surface area contributed by atoms with Crippen molar-refractivity contribution in [3.8, 4) is 5.75 Å². The van der Waals surface area contributed by atoms with Gasteiger partial charge in [0.05, 0.1) is 12.0 Å². The van der Waals surface area contributed by atoms with Crippen molar-refractivity contribution >= 4 is 37.1 Å². The van der Waals surface area contributed by atoms with Crippen LogP contribution in [0.4, 0.5) is 0 Å². The van der Waals surface area contributed by atoms with Crippen molar-refractivity contribution in [2.45, 2.75) is 35.2 Å². The Morgan fingerprint density at radius 1 is 1.03 bits per heavy atom. The van der Waals surface area contributed by atoms with Crippen LogP contribution in [0.25, 0.3) is 27.2 Å². The van der Waals surface area contributed by atoms with E-state index in [0.717, 1.165) is 64.5 Å². The molecule has 168 valence electrons. The molecule has 1 N–H and O–H groups in total. The van der Waals surface area contributed by atoms with Gasteiger partial charge in [0.25, 0.3) is 0 Å². The Morgan fingerprint density at radius 2 is 1.88 bits per heavy atom. The lowest BCUT2D eigenvalue weighted by Gasteiger charge is -2.29. The van der Waals surface area contributed by atoms with Crippen molar-refractivity contribution in [2.24, 2.45) is 0 Å². The molecule has 6 rings (SSSR count). The van der Waals surface area contributed by atoms with Crippen LogP contribution in [0, 0.1) is 0 Å². The molecule has 1 aromatic heterocycles. The number of H-pyrrole nitrogens is 1. The van der Waals surface area contributed by atoms with Crippen LogP contribution >= 0.6 is 0 Å². The highest BCUT2D eigenvalue weighted by Gasteiger charge is 2.33. The number of nitrogens with one attached hydrogen (secondary N) is 1. The number of sulfone groups is 1. The first-order valence-corrected chi connectivity index (χ1v) is 12.9. The van der Waals surface area contributed by atoms with Gasteiger partial charge in [-0.15, -0.1) is 0 Å². The minimum Gasteiger partial charge on any atom is -0.497 e. The third kappa shape index (κ3) is 3.28. The average molecular weight is 459 g/mol. The molecule has 2 aliphatic heterocycles. The Hall–Kier alpha value is -3.09. The minimum absolute atomic E-state index is 0.278. The molecule has 0 saturated carbocycles. The van der Waals surface area contributed by atoms with Crippen LogP contribution < -0.4 is 4.74 Å². The molecule has 2 aliphatic rings. The van der Waals surface area contributed by atoms with Crippen LogP contribution in [0.1, 0.15) is 24.8 Å². The largest absolute Gasteiger partial charge is 0.497 e. The SMILES string of the molecule is COc1ccc2[nH]c(S(=O)(=O)c3cccc4ccccc34)c(C3=CCN4CCCC4C3)c2c1. The molecule has 1 fully saturated rings. The zero-order valence-corrected chi connectivity index (χ0v) is 19.4. The Kier molecular flexibility index (Phi) is 4.82. The van der Waals surface area contributed by atoms with Crippen molar-refractivity contribution in [2.75, 3.05) is 20.2 Å². The Bertz CT molecular complexity index is 1510. The van der Waals surface area contributed by atoms with Crippen molar-refractivity contribution in [3.63, 3.8) is 0 Å². The van der Waals surface area contributed by atoms with E-state index < -0.39 is 9.84 Å². The number of hydrogen-bond donors (Lipinski definition) is 1. The summed E-state index contributed by atoms with van der Waals surface area (Å²) < 4.78 is 33.8. The minimum atomic E-state index is -3.80. The molecule has 1 unspecified atom stereocenters. The maximum absolute atomic E-state index is 14.2. The molecular formula is C27H26N2O3S. The summed E-state index contributed by atoms with van der Waals surface area (Å²) in [6, 6.07) is 19.3.